The standard InChI is InChI=1S/C16H21NO2/c1-16(2,3)12-15(18)17-11-7-9-13-8-5-6-10-14(13)19-4/h5-6,8,10H,11-12H2,1-4H3,(H,17,18). The van der Waals surface area contributed by atoms with Crippen molar-refractivity contribution >= 4 is 5.91 Å². The molecule has 0 radical (unpaired) electrons. The maximum atomic E-state index is 11.6. The van der Waals surface area contributed by atoms with Gasteiger partial charge in [0.15, 0.2) is 0 Å². The third kappa shape index (κ3) is 5.96. The van der Waals surface area contributed by atoms with Crippen molar-refractivity contribution < 1.29 is 9.53 Å². The molecule has 0 aromatic heterocycles. The van der Waals surface area contributed by atoms with Gasteiger partial charge in [-0.2, -0.15) is 0 Å². The normalized spacial score (nSPS) is 10.3. The molecule has 1 aromatic rings. The minimum absolute atomic E-state index is 0.000161. The number of hydrogen-bond acceptors (Lipinski definition) is 2. The molecule has 1 N–H and O–H groups in total. The first-order valence-corrected chi connectivity index (χ1v) is 6.31. The summed E-state index contributed by atoms with van der Waals surface area (Å²) < 4.78 is 5.20. The van der Waals surface area contributed by atoms with Crippen molar-refractivity contribution in [3.63, 3.8) is 0 Å². The van der Waals surface area contributed by atoms with Crippen molar-refractivity contribution in [2.24, 2.45) is 5.41 Å². The van der Waals surface area contributed by atoms with Crippen LogP contribution in [0.5, 0.6) is 5.75 Å². The van der Waals surface area contributed by atoms with E-state index in [4.69, 9.17) is 4.74 Å². The highest BCUT2D eigenvalue weighted by molar-refractivity contribution is 5.76. The molecule has 0 aliphatic rings. The van der Waals surface area contributed by atoms with Crippen molar-refractivity contribution in [3.8, 4) is 17.6 Å². The molecule has 0 aliphatic carbocycles. The fraction of sp³-hybridized carbons (Fsp3) is 0.438. The first-order chi connectivity index (χ1) is 8.92. The van der Waals surface area contributed by atoms with Gasteiger partial charge >= 0.3 is 0 Å². The highest BCUT2D eigenvalue weighted by atomic mass is 16.5. The van der Waals surface area contributed by atoms with E-state index in [1.54, 1.807) is 7.11 Å². The van der Waals surface area contributed by atoms with Crippen molar-refractivity contribution in [2.75, 3.05) is 13.7 Å². The molecule has 0 bridgehead atoms. The van der Waals surface area contributed by atoms with Gasteiger partial charge in [0.25, 0.3) is 0 Å². The lowest BCUT2D eigenvalue weighted by Gasteiger charge is -2.16. The average molecular weight is 259 g/mol. The van der Waals surface area contributed by atoms with Gasteiger partial charge in [-0.25, -0.2) is 0 Å². The average Bonchev–Trinajstić information content (AvgIpc) is 2.33. The van der Waals surface area contributed by atoms with Crippen LogP contribution in [0.2, 0.25) is 0 Å². The van der Waals surface area contributed by atoms with Crippen LogP contribution in [0.1, 0.15) is 32.8 Å². The third-order valence-corrected chi connectivity index (χ3v) is 2.39. The molecule has 0 atom stereocenters. The zero-order valence-electron chi connectivity index (χ0n) is 12.0. The number of carbonyl (C=O) groups is 1. The summed E-state index contributed by atoms with van der Waals surface area (Å²) in [5.41, 5.74) is 0.829. The minimum atomic E-state index is 0.000161. The van der Waals surface area contributed by atoms with Crippen molar-refractivity contribution in [2.45, 2.75) is 27.2 Å². The first kappa shape index (κ1) is 15.1. The molecule has 0 saturated carbocycles. The summed E-state index contributed by atoms with van der Waals surface area (Å²) in [5, 5.41) is 2.79. The van der Waals surface area contributed by atoms with Crippen LogP contribution in [-0.2, 0) is 4.79 Å². The van der Waals surface area contributed by atoms with E-state index in [2.05, 4.69) is 17.2 Å². The van der Waals surface area contributed by atoms with Crippen LogP contribution in [0, 0.1) is 17.3 Å². The monoisotopic (exact) mass is 259 g/mol. The van der Waals surface area contributed by atoms with E-state index < -0.39 is 0 Å². The molecular weight excluding hydrogens is 238 g/mol. The van der Waals surface area contributed by atoms with Gasteiger partial charge in [-0.3, -0.25) is 4.79 Å². The van der Waals surface area contributed by atoms with Gasteiger partial charge in [-0.05, 0) is 17.5 Å². The SMILES string of the molecule is COc1ccccc1C#CCNC(=O)CC(C)(C)C. The highest BCUT2D eigenvalue weighted by Gasteiger charge is 2.14. The molecule has 1 amide bonds. The largest absolute Gasteiger partial charge is 0.495 e. The van der Waals surface area contributed by atoms with E-state index >= 15 is 0 Å². The summed E-state index contributed by atoms with van der Waals surface area (Å²) in [6.45, 7) is 6.46. The van der Waals surface area contributed by atoms with Gasteiger partial charge in [0.05, 0.1) is 19.2 Å². The summed E-state index contributed by atoms with van der Waals surface area (Å²) in [5.74, 6) is 6.70. The van der Waals surface area contributed by atoms with E-state index in [0.29, 0.717) is 13.0 Å². The Labute approximate surface area is 115 Å². The molecule has 0 aliphatic heterocycles. The number of rotatable bonds is 3. The Kier molecular flexibility index (Phi) is 5.44. The van der Waals surface area contributed by atoms with E-state index in [0.717, 1.165) is 11.3 Å². The lowest BCUT2D eigenvalue weighted by Crippen LogP contribution is -2.27. The summed E-state index contributed by atoms with van der Waals surface area (Å²) in [7, 11) is 1.62. The summed E-state index contributed by atoms with van der Waals surface area (Å²) in [4.78, 5) is 11.6. The Morgan fingerprint density at radius 3 is 2.63 bits per heavy atom. The topological polar surface area (TPSA) is 38.3 Å². The maximum Gasteiger partial charge on any atom is 0.221 e. The van der Waals surface area contributed by atoms with Crippen LogP contribution in [0.15, 0.2) is 24.3 Å². The van der Waals surface area contributed by atoms with E-state index in [1.807, 2.05) is 45.0 Å². The Balaban J connectivity index is 2.50. The van der Waals surface area contributed by atoms with Crippen molar-refractivity contribution in [3.05, 3.63) is 29.8 Å². The number of ether oxygens (including phenoxy) is 1. The van der Waals surface area contributed by atoms with Crippen LogP contribution in [0.3, 0.4) is 0 Å². The van der Waals surface area contributed by atoms with Gasteiger partial charge < -0.3 is 10.1 Å². The molecule has 102 valence electrons. The second-order valence-corrected chi connectivity index (χ2v) is 5.52. The highest BCUT2D eigenvalue weighted by Crippen LogP contribution is 2.17. The van der Waals surface area contributed by atoms with Gasteiger partial charge in [-0.1, -0.05) is 44.7 Å². The maximum absolute atomic E-state index is 11.6. The molecule has 0 unspecified atom stereocenters. The minimum Gasteiger partial charge on any atom is -0.495 e. The fourth-order valence-corrected chi connectivity index (χ4v) is 1.57. The van der Waals surface area contributed by atoms with Gasteiger partial charge in [0.2, 0.25) is 5.91 Å². The first-order valence-electron chi connectivity index (χ1n) is 6.31. The summed E-state index contributed by atoms with van der Waals surface area (Å²) in [6.07, 6.45) is 0.503. The zero-order chi connectivity index (χ0) is 14.3. The predicted molar refractivity (Wildman–Crippen MR) is 77.0 cm³/mol. The second-order valence-electron chi connectivity index (χ2n) is 5.52. The quantitative estimate of drug-likeness (QED) is 0.847. The number of carbonyl (C=O) groups excluding carboxylic acids is 1. The Hall–Kier alpha value is -1.95. The van der Waals surface area contributed by atoms with E-state index in [1.165, 1.54) is 0 Å². The van der Waals surface area contributed by atoms with Gasteiger partial charge in [0.1, 0.15) is 5.75 Å². The molecule has 0 saturated heterocycles. The van der Waals surface area contributed by atoms with Crippen LogP contribution in [-0.4, -0.2) is 19.6 Å². The predicted octanol–water partition coefficient (Wildman–Crippen LogP) is 2.60. The number of nitrogens with one attached hydrogen (secondary N) is 1. The Bertz CT molecular complexity index is 489. The number of para-hydroxylation sites is 1. The summed E-state index contributed by atoms with van der Waals surface area (Å²) >= 11 is 0. The van der Waals surface area contributed by atoms with E-state index in [-0.39, 0.29) is 11.3 Å². The van der Waals surface area contributed by atoms with Crippen molar-refractivity contribution in [1.29, 1.82) is 0 Å². The zero-order valence-corrected chi connectivity index (χ0v) is 12.0. The fourth-order valence-electron chi connectivity index (χ4n) is 1.57. The Morgan fingerprint density at radius 1 is 1.32 bits per heavy atom. The number of methoxy groups -OCH3 is 1. The van der Waals surface area contributed by atoms with Gasteiger partial charge in [-0.15, -0.1) is 0 Å². The van der Waals surface area contributed by atoms with Gasteiger partial charge in [0, 0.05) is 6.42 Å². The number of hydrogen-bond donors (Lipinski definition) is 1. The third-order valence-electron chi connectivity index (χ3n) is 2.39. The molecule has 3 nitrogen and oxygen atoms in total. The molecule has 0 fully saturated rings. The van der Waals surface area contributed by atoms with Crippen LogP contribution in [0.25, 0.3) is 0 Å². The van der Waals surface area contributed by atoms with Crippen LogP contribution < -0.4 is 10.1 Å². The van der Waals surface area contributed by atoms with Crippen LogP contribution in [0.4, 0.5) is 0 Å². The number of amides is 1. The molecule has 1 rings (SSSR count). The molecule has 1 aromatic carbocycles. The molecular formula is C16H21NO2. The lowest BCUT2D eigenvalue weighted by molar-refractivity contribution is -0.122. The smallest absolute Gasteiger partial charge is 0.221 e. The second kappa shape index (κ2) is 6.84. The lowest BCUT2D eigenvalue weighted by atomic mass is 9.92. The van der Waals surface area contributed by atoms with Crippen molar-refractivity contribution in [1.82, 2.24) is 5.32 Å². The summed E-state index contributed by atoms with van der Waals surface area (Å²) in [6, 6.07) is 7.56. The Morgan fingerprint density at radius 2 is 2.00 bits per heavy atom. The molecule has 19 heavy (non-hydrogen) atoms. The van der Waals surface area contributed by atoms with E-state index in [9.17, 15) is 4.79 Å². The number of benzene rings is 1. The molecule has 3 heteroatoms. The molecule has 0 heterocycles. The molecule has 0 spiro atoms. The van der Waals surface area contributed by atoms with Crippen LogP contribution >= 0.6 is 0 Å².